The van der Waals surface area contributed by atoms with E-state index in [1.165, 1.54) is 12.8 Å². The normalized spacial score (nSPS) is 21.9. The predicted octanol–water partition coefficient (Wildman–Crippen LogP) is 1.95. The topological polar surface area (TPSA) is 50.2 Å². The van der Waals surface area contributed by atoms with Gasteiger partial charge < -0.3 is 9.88 Å². The molecule has 23 heavy (non-hydrogen) atoms. The van der Waals surface area contributed by atoms with Crippen LogP contribution in [0.25, 0.3) is 11.0 Å². The fourth-order valence-electron chi connectivity index (χ4n) is 3.67. The summed E-state index contributed by atoms with van der Waals surface area (Å²) in [6.45, 7) is 4.59. The molecule has 0 bridgehead atoms. The smallest absolute Gasteiger partial charge is 0.240 e. The van der Waals surface area contributed by atoms with Crippen LogP contribution >= 0.6 is 0 Å². The summed E-state index contributed by atoms with van der Waals surface area (Å²) in [6, 6.07) is 9.14. The van der Waals surface area contributed by atoms with Gasteiger partial charge in [-0.25, -0.2) is 4.98 Å². The van der Waals surface area contributed by atoms with Gasteiger partial charge in [-0.15, -0.1) is 0 Å². The highest BCUT2D eigenvalue weighted by Crippen LogP contribution is 2.29. The van der Waals surface area contributed by atoms with Gasteiger partial charge in [0, 0.05) is 31.6 Å². The number of amides is 1. The van der Waals surface area contributed by atoms with E-state index in [9.17, 15) is 4.79 Å². The van der Waals surface area contributed by atoms with Gasteiger partial charge in [-0.2, -0.15) is 0 Å². The Hall–Kier alpha value is -1.88. The summed E-state index contributed by atoms with van der Waals surface area (Å²) < 4.78 is 2.05. The molecule has 1 amide bonds. The van der Waals surface area contributed by atoms with Gasteiger partial charge in [0.05, 0.1) is 11.0 Å². The summed E-state index contributed by atoms with van der Waals surface area (Å²) in [4.78, 5) is 19.6. The van der Waals surface area contributed by atoms with Crippen molar-refractivity contribution in [1.82, 2.24) is 19.8 Å². The van der Waals surface area contributed by atoms with Gasteiger partial charge in [0.15, 0.2) is 0 Å². The summed E-state index contributed by atoms with van der Waals surface area (Å²) in [6.07, 6.45) is 4.58. The maximum Gasteiger partial charge on any atom is 0.240 e. The number of nitrogens with zero attached hydrogens (tertiary/aromatic N) is 3. The van der Waals surface area contributed by atoms with Gasteiger partial charge in [0.1, 0.15) is 12.4 Å². The van der Waals surface area contributed by atoms with E-state index in [1.54, 1.807) is 0 Å². The monoisotopic (exact) mass is 312 g/mol. The molecule has 1 unspecified atom stereocenters. The van der Waals surface area contributed by atoms with Crippen molar-refractivity contribution in [1.29, 1.82) is 0 Å². The number of para-hydroxylation sites is 2. The third kappa shape index (κ3) is 2.98. The van der Waals surface area contributed by atoms with Gasteiger partial charge in [-0.1, -0.05) is 19.1 Å². The summed E-state index contributed by atoms with van der Waals surface area (Å²) in [5.41, 5.74) is 2.02. The molecule has 0 radical (unpaired) electrons. The average molecular weight is 312 g/mol. The van der Waals surface area contributed by atoms with Crippen molar-refractivity contribution in [3.8, 4) is 0 Å². The number of hydrogen-bond acceptors (Lipinski definition) is 3. The van der Waals surface area contributed by atoms with E-state index in [0.29, 0.717) is 12.6 Å². The molecule has 2 fully saturated rings. The number of likely N-dealkylation sites (tertiary alicyclic amines) is 1. The standard InChI is InChI=1S/C18H24N4O/c1-2-17-20-15-5-3-4-6-16(15)22(17)12-18(23)19-13-9-10-21(11-13)14-7-8-14/h3-6,13-14H,2,7-12H2,1H3,(H,19,23). The Labute approximate surface area is 136 Å². The van der Waals surface area contributed by atoms with E-state index >= 15 is 0 Å². The minimum atomic E-state index is 0.102. The van der Waals surface area contributed by atoms with Crippen LogP contribution in [0.3, 0.4) is 0 Å². The Bertz CT molecular complexity index is 719. The lowest BCUT2D eigenvalue weighted by Gasteiger charge is -2.16. The van der Waals surface area contributed by atoms with E-state index in [-0.39, 0.29) is 5.91 Å². The van der Waals surface area contributed by atoms with Crippen molar-refractivity contribution >= 4 is 16.9 Å². The molecule has 5 heteroatoms. The lowest BCUT2D eigenvalue weighted by atomic mass is 10.2. The number of aryl methyl sites for hydroxylation is 1. The Morgan fingerprint density at radius 3 is 2.91 bits per heavy atom. The fraction of sp³-hybridized carbons (Fsp3) is 0.556. The second-order valence-electron chi connectivity index (χ2n) is 6.74. The highest BCUT2D eigenvalue weighted by atomic mass is 16.2. The van der Waals surface area contributed by atoms with Crippen LogP contribution in [0.4, 0.5) is 0 Å². The number of carbonyl (C=O) groups is 1. The Morgan fingerprint density at radius 1 is 1.30 bits per heavy atom. The molecule has 1 atom stereocenters. The number of fused-ring (bicyclic) bond motifs is 1. The van der Waals surface area contributed by atoms with E-state index in [2.05, 4.69) is 26.7 Å². The molecule has 5 nitrogen and oxygen atoms in total. The van der Waals surface area contributed by atoms with Crippen LogP contribution in [-0.2, 0) is 17.8 Å². The largest absolute Gasteiger partial charge is 0.350 e. The minimum Gasteiger partial charge on any atom is -0.350 e. The van der Waals surface area contributed by atoms with E-state index in [1.807, 2.05) is 24.3 Å². The van der Waals surface area contributed by atoms with Crippen molar-refractivity contribution in [3.63, 3.8) is 0 Å². The molecule has 1 saturated heterocycles. The van der Waals surface area contributed by atoms with E-state index in [4.69, 9.17) is 0 Å². The van der Waals surface area contributed by atoms with Crippen LogP contribution < -0.4 is 5.32 Å². The van der Waals surface area contributed by atoms with Crippen LogP contribution in [0.5, 0.6) is 0 Å². The summed E-state index contributed by atoms with van der Waals surface area (Å²) in [7, 11) is 0. The first kappa shape index (κ1) is 14.7. The highest BCUT2D eigenvalue weighted by molar-refractivity contribution is 5.81. The second kappa shape index (κ2) is 5.96. The van der Waals surface area contributed by atoms with Gasteiger partial charge >= 0.3 is 0 Å². The third-order valence-electron chi connectivity index (χ3n) is 5.00. The number of carbonyl (C=O) groups excluding carboxylic acids is 1. The first-order valence-electron chi connectivity index (χ1n) is 8.72. The molecular formula is C18H24N4O. The number of benzene rings is 1. The van der Waals surface area contributed by atoms with Crippen molar-refractivity contribution in [2.75, 3.05) is 13.1 Å². The van der Waals surface area contributed by atoms with Crippen molar-refractivity contribution in [2.45, 2.75) is 51.2 Å². The summed E-state index contributed by atoms with van der Waals surface area (Å²) in [5, 5.41) is 3.22. The molecule has 1 aliphatic heterocycles. The molecule has 1 aromatic carbocycles. The zero-order chi connectivity index (χ0) is 15.8. The Morgan fingerprint density at radius 2 is 2.13 bits per heavy atom. The zero-order valence-electron chi connectivity index (χ0n) is 13.7. The summed E-state index contributed by atoms with van der Waals surface area (Å²) >= 11 is 0. The van der Waals surface area contributed by atoms with Crippen LogP contribution in [-0.4, -0.2) is 45.5 Å². The van der Waals surface area contributed by atoms with Crippen molar-refractivity contribution < 1.29 is 4.79 Å². The number of hydrogen-bond donors (Lipinski definition) is 1. The average Bonchev–Trinajstić information content (AvgIpc) is 3.21. The minimum absolute atomic E-state index is 0.102. The summed E-state index contributed by atoms with van der Waals surface area (Å²) in [5.74, 6) is 1.08. The lowest BCUT2D eigenvalue weighted by Crippen LogP contribution is -2.39. The first-order chi connectivity index (χ1) is 11.2. The maximum absolute atomic E-state index is 12.5. The number of rotatable bonds is 5. The molecule has 0 spiro atoms. The molecule has 122 valence electrons. The molecule has 1 N–H and O–H groups in total. The first-order valence-corrected chi connectivity index (χ1v) is 8.72. The maximum atomic E-state index is 12.5. The van der Waals surface area contributed by atoms with E-state index in [0.717, 1.165) is 48.8 Å². The molecule has 2 aromatic rings. The molecule has 2 heterocycles. The van der Waals surface area contributed by atoms with Crippen molar-refractivity contribution in [3.05, 3.63) is 30.1 Å². The number of aromatic nitrogens is 2. The Balaban J connectivity index is 1.44. The third-order valence-corrected chi connectivity index (χ3v) is 5.00. The zero-order valence-corrected chi connectivity index (χ0v) is 13.7. The molecule has 1 aromatic heterocycles. The quantitative estimate of drug-likeness (QED) is 0.918. The van der Waals surface area contributed by atoms with Gasteiger partial charge in [0.2, 0.25) is 5.91 Å². The number of nitrogens with one attached hydrogen (secondary N) is 1. The molecule has 1 aliphatic carbocycles. The lowest BCUT2D eigenvalue weighted by molar-refractivity contribution is -0.122. The highest BCUT2D eigenvalue weighted by Gasteiger charge is 2.34. The van der Waals surface area contributed by atoms with Gasteiger partial charge in [0.25, 0.3) is 0 Å². The predicted molar refractivity (Wildman–Crippen MR) is 90.3 cm³/mol. The van der Waals surface area contributed by atoms with Gasteiger partial charge in [-0.05, 0) is 31.4 Å². The molecule has 2 aliphatic rings. The van der Waals surface area contributed by atoms with Crippen LogP contribution in [0.2, 0.25) is 0 Å². The van der Waals surface area contributed by atoms with Crippen LogP contribution in [0.1, 0.15) is 32.0 Å². The van der Waals surface area contributed by atoms with Crippen LogP contribution in [0, 0.1) is 0 Å². The number of imidazole rings is 1. The molecule has 4 rings (SSSR count). The van der Waals surface area contributed by atoms with Crippen molar-refractivity contribution in [2.24, 2.45) is 0 Å². The second-order valence-corrected chi connectivity index (χ2v) is 6.74. The van der Waals surface area contributed by atoms with Gasteiger partial charge in [-0.3, -0.25) is 9.69 Å². The Kier molecular flexibility index (Phi) is 3.81. The van der Waals surface area contributed by atoms with Crippen LogP contribution in [0.15, 0.2) is 24.3 Å². The molecular weight excluding hydrogens is 288 g/mol. The SMILES string of the molecule is CCc1nc2ccccc2n1CC(=O)NC1CCN(C2CC2)C1. The van der Waals surface area contributed by atoms with E-state index < -0.39 is 0 Å². The fourth-order valence-corrected chi connectivity index (χ4v) is 3.67. The molecule has 1 saturated carbocycles.